The lowest BCUT2D eigenvalue weighted by atomic mass is 9.97. The number of benzene rings is 2. The van der Waals surface area contributed by atoms with Gasteiger partial charge in [0.2, 0.25) is 0 Å². The molecule has 188 valence electrons. The van der Waals surface area contributed by atoms with Gasteiger partial charge in [0.15, 0.2) is 0 Å². The van der Waals surface area contributed by atoms with Crippen molar-refractivity contribution in [2.45, 2.75) is 31.3 Å². The third kappa shape index (κ3) is 5.60. The summed E-state index contributed by atoms with van der Waals surface area (Å²) in [7, 11) is 9.10. The Morgan fingerprint density at radius 3 is 2.29 bits per heavy atom. The Balaban J connectivity index is 1.61. The highest BCUT2D eigenvalue weighted by atomic mass is 16.5. The number of rotatable bonds is 8. The summed E-state index contributed by atoms with van der Waals surface area (Å²) in [6, 6.07) is 13.7. The van der Waals surface area contributed by atoms with E-state index in [1.165, 1.54) is 0 Å². The second-order valence-corrected chi connectivity index (χ2v) is 9.29. The largest absolute Gasteiger partial charge is 0.497 e. The summed E-state index contributed by atoms with van der Waals surface area (Å²) in [6.07, 6.45) is 2.73. The number of amides is 1. The van der Waals surface area contributed by atoms with Crippen molar-refractivity contribution in [3.8, 4) is 17.2 Å². The van der Waals surface area contributed by atoms with Crippen LogP contribution in [0.2, 0.25) is 0 Å². The van der Waals surface area contributed by atoms with Crippen molar-refractivity contribution < 1.29 is 19.0 Å². The minimum absolute atomic E-state index is 0.0159. The quantitative estimate of drug-likeness (QED) is 0.577. The first-order valence-electron chi connectivity index (χ1n) is 12.1. The molecule has 2 aliphatic heterocycles. The molecule has 0 bridgehead atoms. The van der Waals surface area contributed by atoms with Crippen LogP contribution < -0.4 is 14.2 Å². The van der Waals surface area contributed by atoms with Crippen LogP contribution in [0, 0.1) is 0 Å². The summed E-state index contributed by atoms with van der Waals surface area (Å²) in [5.74, 6) is 2.16. The number of ether oxygens (including phenoxy) is 3. The van der Waals surface area contributed by atoms with E-state index in [4.69, 9.17) is 19.3 Å². The van der Waals surface area contributed by atoms with E-state index in [0.717, 1.165) is 48.5 Å². The molecule has 0 N–H and O–H groups in total. The molecular formula is C27H36N4O4. The van der Waals surface area contributed by atoms with Crippen LogP contribution in [0.1, 0.15) is 36.4 Å². The number of nitrogens with zero attached hydrogens (tertiary/aromatic N) is 4. The number of likely N-dealkylation sites (tertiary alicyclic amines) is 1. The van der Waals surface area contributed by atoms with Gasteiger partial charge in [0, 0.05) is 24.1 Å². The fourth-order valence-corrected chi connectivity index (χ4v) is 4.88. The van der Waals surface area contributed by atoms with Gasteiger partial charge in [-0.2, -0.15) is 5.10 Å². The number of hydrogen-bond donors (Lipinski definition) is 0. The van der Waals surface area contributed by atoms with Crippen molar-refractivity contribution in [3.05, 3.63) is 53.6 Å². The van der Waals surface area contributed by atoms with E-state index < -0.39 is 0 Å². The van der Waals surface area contributed by atoms with Crippen LogP contribution in [-0.4, -0.2) is 87.5 Å². The van der Waals surface area contributed by atoms with E-state index in [9.17, 15) is 4.79 Å². The van der Waals surface area contributed by atoms with Gasteiger partial charge in [0.1, 0.15) is 17.2 Å². The van der Waals surface area contributed by atoms with Gasteiger partial charge in [0.05, 0.1) is 39.6 Å². The van der Waals surface area contributed by atoms with Crippen molar-refractivity contribution in [1.29, 1.82) is 0 Å². The molecule has 1 unspecified atom stereocenters. The molecule has 0 radical (unpaired) electrons. The van der Waals surface area contributed by atoms with Crippen molar-refractivity contribution in [2.75, 3.05) is 55.1 Å². The molecule has 0 aromatic heterocycles. The molecule has 1 atom stereocenters. The fourth-order valence-electron chi connectivity index (χ4n) is 4.88. The molecule has 1 saturated heterocycles. The van der Waals surface area contributed by atoms with Gasteiger partial charge in [0.25, 0.3) is 5.91 Å². The minimum atomic E-state index is -0.258. The second kappa shape index (κ2) is 11.1. The molecule has 1 amide bonds. The summed E-state index contributed by atoms with van der Waals surface area (Å²) in [5, 5.41) is 6.49. The standard InChI is InChI=1S/C27H36N4O4/c1-29-14-12-20(13-15-29)30(2)18-27(32)31-25(23-11-10-22(34-4)16-26(23)35-5)17-24(28-31)19-6-8-21(33-3)9-7-19/h6-11,16,20,25H,12-15,17-18H2,1-5H3. The molecular weight excluding hydrogens is 444 g/mol. The maximum atomic E-state index is 13.6. The highest BCUT2D eigenvalue weighted by molar-refractivity contribution is 6.03. The Kier molecular flexibility index (Phi) is 7.93. The maximum Gasteiger partial charge on any atom is 0.257 e. The summed E-state index contributed by atoms with van der Waals surface area (Å²) in [6.45, 7) is 2.43. The Labute approximate surface area is 208 Å². The number of carbonyl (C=O) groups excluding carboxylic acids is 1. The van der Waals surface area contributed by atoms with Crippen LogP contribution in [-0.2, 0) is 4.79 Å². The summed E-state index contributed by atoms with van der Waals surface area (Å²) in [4.78, 5) is 18.1. The van der Waals surface area contributed by atoms with E-state index >= 15 is 0 Å². The predicted octanol–water partition coefficient (Wildman–Crippen LogP) is 3.42. The van der Waals surface area contributed by atoms with E-state index in [2.05, 4.69) is 16.8 Å². The van der Waals surface area contributed by atoms with Crippen molar-refractivity contribution in [3.63, 3.8) is 0 Å². The number of carbonyl (C=O) groups is 1. The molecule has 4 rings (SSSR count). The number of likely N-dealkylation sites (N-methyl/N-ethyl adjacent to an activating group) is 1. The van der Waals surface area contributed by atoms with E-state index in [1.54, 1.807) is 26.3 Å². The molecule has 2 aromatic carbocycles. The zero-order chi connectivity index (χ0) is 24.9. The number of hydrogen-bond acceptors (Lipinski definition) is 7. The number of methoxy groups -OCH3 is 3. The molecule has 35 heavy (non-hydrogen) atoms. The first kappa shape index (κ1) is 25.0. The third-order valence-electron chi connectivity index (χ3n) is 7.08. The SMILES string of the molecule is COc1ccc(C2=NN(C(=O)CN(C)C3CCN(C)CC3)C(c3ccc(OC)cc3OC)C2)cc1. The molecule has 0 spiro atoms. The minimum Gasteiger partial charge on any atom is -0.497 e. The van der Waals surface area contributed by atoms with Crippen LogP contribution in [0.4, 0.5) is 0 Å². The summed E-state index contributed by atoms with van der Waals surface area (Å²) in [5.41, 5.74) is 2.75. The van der Waals surface area contributed by atoms with Crippen LogP contribution in [0.15, 0.2) is 47.6 Å². The first-order valence-corrected chi connectivity index (χ1v) is 12.1. The van der Waals surface area contributed by atoms with E-state index in [1.807, 2.05) is 49.5 Å². The highest BCUT2D eigenvalue weighted by Gasteiger charge is 2.36. The van der Waals surface area contributed by atoms with Crippen LogP contribution in [0.25, 0.3) is 0 Å². The smallest absolute Gasteiger partial charge is 0.257 e. The number of hydrazone groups is 1. The fraction of sp³-hybridized carbons (Fsp3) is 0.481. The molecule has 2 aromatic rings. The van der Waals surface area contributed by atoms with Gasteiger partial charge >= 0.3 is 0 Å². The molecule has 2 aliphatic rings. The lowest BCUT2D eigenvalue weighted by molar-refractivity contribution is -0.134. The first-order chi connectivity index (χ1) is 16.9. The average molecular weight is 481 g/mol. The van der Waals surface area contributed by atoms with Crippen LogP contribution in [0.5, 0.6) is 17.2 Å². The van der Waals surface area contributed by atoms with Gasteiger partial charge in [-0.15, -0.1) is 0 Å². The highest BCUT2D eigenvalue weighted by Crippen LogP contribution is 2.39. The maximum absolute atomic E-state index is 13.6. The molecule has 0 saturated carbocycles. The van der Waals surface area contributed by atoms with Crippen molar-refractivity contribution in [2.24, 2.45) is 5.10 Å². The predicted molar refractivity (Wildman–Crippen MR) is 136 cm³/mol. The Morgan fingerprint density at radius 2 is 1.66 bits per heavy atom. The Hall–Kier alpha value is -3.10. The van der Waals surface area contributed by atoms with E-state index in [0.29, 0.717) is 30.5 Å². The zero-order valence-electron chi connectivity index (χ0n) is 21.4. The van der Waals surface area contributed by atoms with Gasteiger partial charge in [-0.05, 0) is 82.0 Å². The molecule has 0 aliphatic carbocycles. The number of piperidine rings is 1. The van der Waals surface area contributed by atoms with Crippen LogP contribution in [0.3, 0.4) is 0 Å². The van der Waals surface area contributed by atoms with Gasteiger partial charge in [-0.1, -0.05) is 0 Å². The van der Waals surface area contributed by atoms with E-state index in [-0.39, 0.29) is 11.9 Å². The molecule has 1 fully saturated rings. The Morgan fingerprint density at radius 1 is 1.00 bits per heavy atom. The zero-order valence-corrected chi connectivity index (χ0v) is 21.4. The third-order valence-corrected chi connectivity index (χ3v) is 7.08. The second-order valence-electron chi connectivity index (χ2n) is 9.29. The van der Waals surface area contributed by atoms with Gasteiger partial charge in [-0.3, -0.25) is 9.69 Å². The normalized spacial score (nSPS) is 19.1. The lowest BCUT2D eigenvalue weighted by Gasteiger charge is -2.35. The molecule has 8 nitrogen and oxygen atoms in total. The Bertz CT molecular complexity index is 1050. The van der Waals surface area contributed by atoms with Gasteiger partial charge in [-0.25, -0.2) is 5.01 Å². The molecule has 8 heteroatoms. The average Bonchev–Trinajstić information content (AvgIpc) is 3.34. The lowest BCUT2D eigenvalue weighted by Crippen LogP contribution is -2.46. The summed E-state index contributed by atoms with van der Waals surface area (Å²) < 4.78 is 16.4. The topological polar surface area (TPSA) is 66.8 Å². The van der Waals surface area contributed by atoms with Crippen LogP contribution >= 0.6 is 0 Å². The molecule has 2 heterocycles. The summed E-state index contributed by atoms with van der Waals surface area (Å²) >= 11 is 0. The van der Waals surface area contributed by atoms with Gasteiger partial charge < -0.3 is 19.1 Å². The van der Waals surface area contributed by atoms with Crippen molar-refractivity contribution >= 4 is 11.6 Å². The van der Waals surface area contributed by atoms with Crippen molar-refractivity contribution in [1.82, 2.24) is 14.8 Å². The monoisotopic (exact) mass is 480 g/mol.